The third-order valence-electron chi connectivity index (χ3n) is 4.28. The molecule has 17 heavy (non-hydrogen) atoms. The first kappa shape index (κ1) is 13.7. The Kier molecular flexibility index (Phi) is 4.79. The van der Waals surface area contributed by atoms with Crippen molar-refractivity contribution in [1.29, 1.82) is 0 Å². The van der Waals surface area contributed by atoms with E-state index in [1.54, 1.807) is 0 Å². The lowest BCUT2D eigenvalue weighted by molar-refractivity contribution is 0.148. The fourth-order valence-corrected chi connectivity index (χ4v) is 4.22. The molecule has 2 aliphatic rings. The van der Waals surface area contributed by atoms with Crippen molar-refractivity contribution in [3.63, 3.8) is 0 Å². The van der Waals surface area contributed by atoms with Crippen LogP contribution in [-0.2, 0) is 0 Å². The van der Waals surface area contributed by atoms with Crippen LogP contribution in [0.4, 0.5) is 0 Å². The number of hydrogen-bond acceptors (Lipinski definition) is 3. The Balaban J connectivity index is 1.80. The number of piperidine rings is 1. The van der Waals surface area contributed by atoms with Crippen molar-refractivity contribution in [2.45, 2.75) is 62.8 Å². The van der Waals surface area contributed by atoms with E-state index in [4.69, 9.17) is 0 Å². The molecule has 1 aliphatic carbocycles. The molecule has 2 fully saturated rings. The second-order valence-electron chi connectivity index (χ2n) is 6.14. The van der Waals surface area contributed by atoms with Crippen LogP contribution in [0.3, 0.4) is 0 Å². The zero-order valence-electron chi connectivity index (χ0n) is 11.7. The average Bonchev–Trinajstić information content (AvgIpc) is 2.23. The zero-order chi connectivity index (χ0) is 12.3. The molecule has 0 aromatic rings. The molecule has 0 radical (unpaired) electrons. The highest BCUT2D eigenvalue weighted by Crippen LogP contribution is 2.43. The molecule has 2 nitrogen and oxygen atoms in total. The molecule has 100 valence electrons. The van der Waals surface area contributed by atoms with Crippen LogP contribution in [0.5, 0.6) is 0 Å². The zero-order valence-corrected chi connectivity index (χ0v) is 12.5. The third-order valence-corrected chi connectivity index (χ3v) is 5.69. The van der Waals surface area contributed by atoms with Gasteiger partial charge in [-0.05, 0) is 38.5 Å². The van der Waals surface area contributed by atoms with E-state index in [1.165, 1.54) is 51.7 Å². The van der Waals surface area contributed by atoms with Gasteiger partial charge in [0.15, 0.2) is 0 Å². The van der Waals surface area contributed by atoms with Crippen molar-refractivity contribution in [3.8, 4) is 0 Å². The van der Waals surface area contributed by atoms with E-state index in [1.807, 2.05) is 0 Å². The van der Waals surface area contributed by atoms with Gasteiger partial charge < -0.3 is 10.2 Å². The molecule has 1 N–H and O–H groups in total. The van der Waals surface area contributed by atoms with Crippen LogP contribution < -0.4 is 5.32 Å². The lowest BCUT2D eigenvalue weighted by Gasteiger charge is -2.46. The monoisotopic (exact) mass is 256 g/mol. The molecule has 1 unspecified atom stereocenters. The van der Waals surface area contributed by atoms with Gasteiger partial charge in [-0.1, -0.05) is 20.3 Å². The maximum Gasteiger partial charge on any atom is 0.0284 e. The number of nitrogens with one attached hydrogen (secondary N) is 1. The number of likely N-dealkylation sites (tertiary alicyclic amines) is 1. The van der Waals surface area contributed by atoms with Crippen molar-refractivity contribution in [2.24, 2.45) is 0 Å². The van der Waals surface area contributed by atoms with Crippen molar-refractivity contribution in [1.82, 2.24) is 10.2 Å². The summed E-state index contributed by atoms with van der Waals surface area (Å²) in [7, 11) is 0. The fourth-order valence-electron chi connectivity index (χ4n) is 3.21. The van der Waals surface area contributed by atoms with Crippen LogP contribution in [0.25, 0.3) is 0 Å². The van der Waals surface area contributed by atoms with Gasteiger partial charge in [-0.3, -0.25) is 0 Å². The molecular formula is C14H28N2S. The summed E-state index contributed by atoms with van der Waals surface area (Å²) in [6.07, 6.45) is 9.35. The largest absolute Gasteiger partial charge is 0.311 e. The number of nitrogens with zero attached hydrogens (tertiary/aromatic N) is 1. The fraction of sp³-hybridized carbons (Fsp3) is 1.00. The number of thioether (sulfide) groups is 1. The molecule has 1 saturated carbocycles. The molecule has 1 aliphatic heterocycles. The van der Waals surface area contributed by atoms with Gasteiger partial charge in [0.1, 0.15) is 0 Å². The summed E-state index contributed by atoms with van der Waals surface area (Å²) in [6.45, 7) is 8.42. The van der Waals surface area contributed by atoms with Gasteiger partial charge in [0, 0.05) is 29.9 Å². The van der Waals surface area contributed by atoms with Gasteiger partial charge in [0.2, 0.25) is 0 Å². The van der Waals surface area contributed by atoms with Gasteiger partial charge in [0.25, 0.3) is 0 Å². The minimum absolute atomic E-state index is 0.611. The first-order valence-electron chi connectivity index (χ1n) is 7.17. The standard InChI is InChI=1S/C14H28N2S/c1-12(2)15-13-6-4-9-16(10-13)11-14(17-3)7-5-8-14/h12-13,15H,4-11H2,1-3H3. The summed E-state index contributed by atoms with van der Waals surface area (Å²) in [4.78, 5) is 2.71. The van der Waals surface area contributed by atoms with E-state index in [9.17, 15) is 0 Å². The van der Waals surface area contributed by atoms with E-state index in [2.05, 4.69) is 42.1 Å². The highest BCUT2D eigenvalue weighted by atomic mass is 32.2. The van der Waals surface area contributed by atoms with Crippen LogP contribution in [0, 0.1) is 0 Å². The van der Waals surface area contributed by atoms with Gasteiger partial charge in [-0.25, -0.2) is 0 Å². The highest BCUT2D eigenvalue weighted by Gasteiger charge is 2.38. The van der Waals surface area contributed by atoms with Gasteiger partial charge >= 0.3 is 0 Å². The van der Waals surface area contributed by atoms with Crippen LogP contribution in [0.15, 0.2) is 0 Å². The maximum atomic E-state index is 3.70. The molecular weight excluding hydrogens is 228 g/mol. The van der Waals surface area contributed by atoms with Crippen LogP contribution in [0.1, 0.15) is 46.0 Å². The Morgan fingerprint density at radius 1 is 1.35 bits per heavy atom. The van der Waals surface area contributed by atoms with Gasteiger partial charge in [-0.2, -0.15) is 11.8 Å². The van der Waals surface area contributed by atoms with E-state index < -0.39 is 0 Å². The second-order valence-corrected chi connectivity index (χ2v) is 7.41. The summed E-state index contributed by atoms with van der Waals surface area (Å²) in [5.41, 5.74) is 0. The SMILES string of the molecule is CSC1(CN2CCCC(NC(C)C)C2)CCC1. The molecule has 1 heterocycles. The van der Waals surface area contributed by atoms with Crippen molar-refractivity contribution < 1.29 is 0 Å². The highest BCUT2D eigenvalue weighted by molar-refractivity contribution is 8.00. The number of rotatable bonds is 5. The third kappa shape index (κ3) is 3.62. The predicted octanol–water partition coefficient (Wildman–Crippen LogP) is 2.73. The van der Waals surface area contributed by atoms with Crippen molar-refractivity contribution in [3.05, 3.63) is 0 Å². The topological polar surface area (TPSA) is 15.3 Å². The smallest absolute Gasteiger partial charge is 0.0284 e. The Bertz CT molecular complexity index is 233. The lowest BCUT2D eigenvalue weighted by Crippen LogP contribution is -2.53. The summed E-state index contributed by atoms with van der Waals surface area (Å²) >= 11 is 2.11. The summed E-state index contributed by atoms with van der Waals surface area (Å²) in [6, 6.07) is 1.35. The van der Waals surface area contributed by atoms with Gasteiger partial charge in [-0.15, -0.1) is 0 Å². The molecule has 2 rings (SSSR count). The Morgan fingerprint density at radius 3 is 2.65 bits per heavy atom. The number of hydrogen-bond donors (Lipinski definition) is 1. The van der Waals surface area contributed by atoms with Crippen LogP contribution in [0.2, 0.25) is 0 Å². The Hall–Kier alpha value is 0.270. The van der Waals surface area contributed by atoms with E-state index >= 15 is 0 Å². The van der Waals surface area contributed by atoms with Crippen LogP contribution >= 0.6 is 11.8 Å². The Labute approximate surface area is 111 Å². The maximum absolute atomic E-state index is 3.70. The first-order chi connectivity index (χ1) is 8.13. The first-order valence-corrected chi connectivity index (χ1v) is 8.40. The molecule has 1 atom stereocenters. The molecule has 0 aromatic carbocycles. The molecule has 0 spiro atoms. The summed E-state index contributed by atoms with van der Waals surface area (Å²) < 4.78 is 0.611. The Morgan fingerprint density at radius 2 is 2.12 bits per heavy atom. The summed E-state index contributed by atoms with van der Waals surface area (Å²) in [5.74, 6) is 0. The molecule has 0 bridgehead atoms. The van der Waals surface area contributed by atoms with E-state index in [-0.39, 0.29) is 0 Å². The lowest BCUT2D eigenvalue weighted by atomic mass is 9.83. The van der Waals surface area contributed by atoms with Crippen LogP contribution in [-0.4, -0.2) is 47.6 Å². The summed E-state index contributed by atoms with van der Waals surface area (Å²) in [5, 5.41) is 3.70. The predicted molar refractivity (Wildman–Crippen MR) is 77.8 cm³/mol. The molecule has 3 heteroatoms. The van der Waals surface area contributed by atoms with Crippen molar-refractivity contribution in [2.75, 3.05) is 25.9 Å². The average molecular weight is 256 g/mol. The normalized spacial score (nSPS) is 29.3. The minimum atomic E-state index is 0.611. The molecule has 0 aromatic heterocycles. The van der Waals surface area contributed by atoms with Gasteiger partial charge in [0.05, 0.1) is 0 Å². The molecule has 1 saturated heterocycles. The van der Waals surface area contributed by atoms with Crippen molar-refractivity contribution >= 4 is 11.8 Å². The quantitative estimate of drug-likeness (QED) is 0.814. The van der Waals surface area contributed by atoms with E-state index in [0.29, 0.717) is 10.8 Å². The minimum Gasteiger partial charge on any atom is -0.311 e. The van der Waals surface area contributed by atoms with E-state index in [0.717, 1.165) is 6.04 Å². The second kappa shape index (κ2) is 5.94. The molecule has 0 amide bonds.